The van der Waals surface area contributed by atoms with Gasteiger partial charge in [-0.2, -0.15) is 0 Å². The van der Waals surface area contributed by atoms with Crippen molar-refractivity contribution >= 4 is 11.9 Å². The molecule has 2 aliphatic rings. The largest absolute Gasteiger partial charge is 0.469 e. The molecule has 0 aromatic carbocycles. The zero-order valence-corrected chi connectivity index (χ0v) is 12.1. The van der Waals surface area contributed by atoms with E-state index in [1.165, 1.54) is 7.11 Å². The fourth-order valence-corrected chi connectivity index (χ4v) is 2.88. The smallest absolute Gasteiger partial charge is 0.309 e. The Bertz CT molecular complexity index is 342. The van der Waals surface area contributed by atoms with E-state index >= 15 is 0 Å². The molecule has 0 aromatic heterocycles. The van der Waals surface area contributed by atoms with Crippen molar-refractivity contribution < 1.29 is 19.1 Å². The molecule has 0 aliphatic carbocycles. The van der Waals surface area contributed by atoms with Gasteiger partial charge in [0, 0.05) is 25.8 Å². The first kappa shape index (κ1) is 15.3. The van der Waals surface area contributed by atoms with Gasteiger partial charge in [0.1, 0.15) is 0 Å². The van der Waals surface area contributed by atoms with Gasteiger partial charge in [-0.25, -0.2) is 0 Å². The Hall–Kier alpha value is -1.14. The predicted octanol–water partition coefficient (Wildman–Crippen LogP) is 0.167. The number of hydrogen-bond acceptors (Lipinski definition) is 5. The van der Waals surface area contributed by atoms with Crippen LogP contribution in [-0.4, -0.2) is 62.8 Å². The summed E-state index contributed by atoms with van der Waals surface area (Å²) in [5.74, 6) is -0.216. The summed E-state index contributed by atoms with van der Waals surface area (Å²) in [7, 11) is 1.42. The molecule has 2 aliphatic heterocycles. The fraction of sp³-hybridized carbons (Fsp3) is 0.857. The maximum atomic E-state index is 12.0. The molecule has 0 aromatic rings. The first-order valence-corrected chi connectivity index (χ1v) is 7.36. The number of carbonyl (C=O) groups excluding carboxylic acids is 2. The van der Waals surface area contributed by atoms with Crippen molar-refractivity contribution in [3.63, 3.8) is 0 Å². The van der Waals surface area contributed by atoms with Crippen LogP contribution in [-0.2, 0) is 19.1 Å². The molecule has 1 amide bonds. The highest BCUT2D eigenvalue weighted by molar-refractivity contribution is 5.78. The van der Waals surface area contributed by atoms with E-state index in [0.717, 1.165) is 45.4 Å². The standard InChI is InChI=1S/C14H24N2O4/c1-19-14(18)11-3-2-6-16(9-11)10-13(17)15-12-4-7-20-8-5-12/h11-12H,2-10H2,1H3,(H,15,17)/t11-/m0/s1. The maximum absolute atomic E-state index is 12.0. The number of amides is 1. The van der Waals surface area contributed by atoms with Crippen LogP contribution in [0.4, 0.5) is 0 Å². The Labute approximate surface area is 119 Å². The minimum absolute atomic E-state index is 0.0439. The van der Waals surface area contributed by atoms with Crippen LogP contribution in [0.25, 0.3) is 0 Å². The zero-order chi connectivity index (χ0) is 14.4. The summed E-state index contributed by atoms with van der Waals surface area (Å²) in [6.07, 6.45) is 3.56. The van der Waals surface area contributed by atoms with E-state index < -0.39 is 0 Å². The fourth-order valence-electron chi connectivity index (χ4n) is 2.88. The van der Waals surface area contributed by atoms with Crippen LogP contribution in [0, 0.1) is 5.92 Å². The minimum atomic E-state index is -0.167. The van der Waals surface area contributed by atoms with E-state index in [0.29, 0.717) is 13.1 Å². The number of methoxy groups -OCH3 is 1. The average Bonchev–Trinajstić information content (AvgIpc) is 2.47. The molecule has 0 bridgehead atoms. The third kappa shape index (κ3) is 4.45. The highest BCUT2D eigenvalue weighted by atomic mass is 16.5. The average molecular weight is 284 g/mol. The van der Waals surface area contributed by atoms with Crippen LogP contribution >= 0.6 is 0 Å². The van der Waals surface area contributed by atoms with Gasteiger partial charge in [-0.1, -0.05) is 0 Å². The maximum Gasteiger partial charge on any atom is 0.309 e. The van der Waals surface area contributed by atoms with Crippen molar-refractivity contribution in [3.8, 4) is 0 Å². The molecular weight excluding hydrogens is 260 g/mol. The number of carbonyl (C=O) groups is 2. The number of esters is 1. The number of nitrogens with one attached hydrogen (secondary N) is 1. The summed E-state index contributed by atoms with van der Waals surface area (Å²) >= 11 is 0. The van der Waals surface area contributed by atoms with Crippen LogP contribution in [0.2, 0.25) is 0 Å². The predicted molar refractivity (Wildman–Crippen MR) is 73.2 cm³/mol. The first-order chi connectivity index (χ1) is 9.69. The molecule has 20 heavy (non-hydrogen) atoms. The van der Waals surface area contributed by atoms with Crippen molar-refractivity contribution in [2.45, 2.75) is 31.7 Å². The van der Waals surface area contributed by atoms with Crippen molar-refractivity contribution in [1.29, 1.82) is 0 Å². The van der Waals surface area contributed by atoms with E-state index in [9.17, 15) is 9.59 Å². The molecular formula is C14H24N2O4. The van der Waals surface area contributed by atoms with Gasteiger partial charge in [-0.3, -0.25) is 14.5 Å². The van der Waals surface area contributed by atoms with Gasteiger partial charge in [-0.15, -0.1) is 0 Å². The summed E-state index contributed by atoms with van der Waals surface area (Å²) in [4.78, 5) is 25.6. The molecule has 1 atom stereocenters. The number of nitrogens with zero attached hydrogens (tertiary/aromatic N) is 1. The van der Waals surface area contributed by atoms with Crippen LogP contribution in [0.1, 0.15) is 25.7 Å². The van der Waals surface area contributed by atoms with Crippen molar-refractivity contribution in [2.24, 2.45) is 5.92 Å². The van der Waals surface area contributed by atoms with Crippen LogP contribution < -0.4 is 5.32 Å². The van der Waals surface area contributed by atoms with E-state index in [1.54, 1.807) is 0 Å². The number of rotatable bonds is 4. The third-order valence-corrected chi connectivity index (χ3v) is 3.99. The summed E-state index contributed by atoms with van der Waals surface area (Å²) in [6, 6.07) is 0.234. The topological polar surface area (TPSA) is 67.9 Å². The number of likely N-dealkylation sites (tertiary alicyclic amines) is 1. The molecule has 2 rings (SSSR count). The summed E-state index contributed by atoms with van der Waals surface area (Å²) < 4.78 is 10.1. The van der Waals surface area contributed by atoms with Gasteiger partial charge in [0.2, 0.25) is 5.91 Å². The SMILES string of the molecule is COC(=O)[C@H]1CCCN(CC(=O)NC2CCOCC2)C1. The van der Waals surface area contributed by atoms with Crippen LogP contribution in [0.15, 0.2) is 0 Å². The second-order valence-electron chi connectivity index (χ2n) is 5.55. The Morgan fingerprint density at radius 2 is 2.05 bits per heavy atom. The van der Waals surface area contributed by atoms with Gasteiger partial charge < -0.3 is 14.8 Å². The molecule has 0 saturated carbocycles. The first-order valence-electron chi connectivity index (χ1n) is 7.36. The molecule has 0 spiro atoms. The lowest BCUT2D eigenvalue weighted by atomic mass is 9.98. The van der Waals surface area contributed by atoms with Crippen LogP contribution in [0.3, 0.4) is 0 Å². The second kappa shape index (κ2) is 7.59. The van der Waals surface area contributed by atoms with Gasteiger partial charge in [0.25, 0.3) is 0 Å². The van der Waals surface area contributed by atoms with E-state index in [1.807, 2.05) is 4.90 Å². The summed E-state index contributed by atoms with van der Waals surface area (Å²) in [5.41, 5.74) is 0. The van der Waals surface area contributed by atoms with Gasteiger partial charge >= 0.3 is 5.97 Å². The lowest BCUT2D eigenvalue weighted by Crippen LogP contribution is -2.47. The number of hydrogen-bond donors (Lipinski definition) is 1. The Morgan fingerprint density at radius 1 is 1.30 bits per heavy atom. The van der Waals surface area contributed by atoms with Gasteiger partial charge in [-0.05, 0) is 32.2 Å². The lowest BCUT2D eigenvalue weighted by Gasteiger charge is -2.31. The van der Waals surface area contributed by atoms with Crippen molar-refractivity contribution in [1.82, 2.24) is 10.2 Å². The van der Waals surface area contributed by atoms with Gasteiger partial charge in [0.05, 0.1) is 19.6 Å². The molecule has 2 saturated heterocycles. The van der Waals surface area contributed by atoms with Gasteiger partial charge in [0.15, 0.2) is 0 Å². The molecule has 114 valence electrons. The minimum Gasteiger partial charge on any atom is -0.469 e. The molecule has 2 heterocycles. The van der Waals surface area contributed by atoms with E-state index in [-0.39, 0.29) is 23.8 Å². The number of piperidine rings is 1. The Morgan fingerprint density at radius 3 is 2.75 bits per heavy atom. The second-order valence-corrected chi connectivity index (χ2v) is 5.55. The summed E-state index contributed by atoms with van der Waals surface area (Å²) in [6.45, 7) is 3.30. The number of ether oxygens (including phenoxy) is 2. The quantitative estimate of drug-likeness (QED) is 0.745. The van der Waals surface area contributed by atoms with E-state index in [4.69, 9.17) is 9.47 Å². The Balaban J connectivity index is 1.74. The monoisotopic (exact) mass is 284 g/mol. The normalized spacial score (nSPS) is 25.1. The van der Waals surface area contributed by atoms with E-state index in [2.05, 4.69) is 5.32 Å². The molecule has 2 fully saturated rings. The molecule has 6 nitrogen and oxygen atoms in total. The zero-order valence-electron chi connectivity index (χ0n) is 12.1. The highest BCUT2D eigenvalue weighted by Crippen LogP contribution is 2.17. The van der Waals surface area contributed by atoms with Crippen LogP contribution in [0.5, 0.6) is 0 Å². The van der Waals surface area contributed by atoms with Crippen molar-refractivity contribution in [3.05, 3.63) is 0 Å². The molecule has 1 N–H and O–H groups in total. The molecule has 0 radical (unpaired) electrons. The Kier molecular flexibility index (Phi) is 5.79. The third-order valence-electron chi connectivity index (χ3n) is 3.99. The summed E-state index contributed by atoms with van der Waals surface area (Å²) in [5, 5.41) is 3.05. The molecule has 6 heteroatoms. The lowest BCUT2D eigenvalue weighted by molar-refractivity contribution is -0.147. The highest BCUT2D eigenvalue weighted by Gasteiger charge is 2.27. The molecule has 0 unspecified atom stereocenters. The van der Waals surface area contributed by atoms with Crippen molar-refractivity contribution in [2.75, 3.05) is 40.0 Å².